The number of carboxylic acid groups (broad SMARTS) is 1. The fraction of sp³-hybridized carbons (Fsp3) is 0.500. The highest BCUT2D eigenvalue weighted by Gasteiger charge is 2.42. The van der Waals surface area contributed by atoms with Crippen LogP contribution in [0.2, 0.25) is 5.02 Å². The number of carboxylic acids is 1. The van der Waals surface area contributed by atoms with Crippen LogP contribution in [0.4, 0.5) is 5.69 Å². The van der Waals surface area contributed by atoms with Gasteiger partial charge in [-0.2, -0.15) is 0 Å². The van der Waals surface area contributed by atoms with Gasteiger partial charge in [-0.25, -0.2) is 0 Å². The van der Waals surface area contributed by atoms with E-state index in [2.05, 4.69) is 10.3 Å². The van der Waals surface area contributed by atoms with Gasteiger partial charge in [-0.3, -0.25) is 14.6 Å². The summed E-state index contributed by atoms with van der Waals surface area (Å²) in [5.41, 5.74) is 0.420. The summed E-state index contributed by atoms with van der Waals surface area (Å²) in [6, 6.07) is 1.58. The Balaban J connectivity index is 2.11. The van der Waals surface area contributed by atoms with Crippen LogP contribution in [0.25, 0.3) is 0 Å². The molecule has 6 heteroatoms. The number of rotatable bonds is 4. The first-order chi connectivity index (χ1) is 9.52. The van der Waals surface area contributed by atoms with Gasteiger partial charge in [0.2, 0.25) is 5.91 Å². The van der Waals surface area contributed by atoms with Crippen molar-refractivity contribution < 1.29 is 14.7 Å². The zero-order valence-electron chi connectivity index (χ0n) is 11.2. The van der Waals surface area contributed by atoms with Gasteiger partial charge in [0.25, 0.3) is 0 Å². The highest BCUT2D eigenvalue weighted by atomic mass is 35.5. The van der Waals surface area contributed by atoms with Crippen LogP contribution in [0, 0.1) is 17.8 Å². The van der Waals surface area contributed by atoms with Crippen LogP contribution in [0.15, 0.2) is 18.5 Å². The Morgan fingerprint density at radius 2 is 2.15 bits per heavy atom. The summed E-state index contributed by atoms with van der Waals surface area (Å²) in [7, 11) is 0. The van der Waals surface area contributed by atoms with E-state index in [-0.39, 0.29) is 11.8 Å². The summed E-state index contributed by atoms with van der Waals surface area (Å²) in [6.45, 7) is 2.02. The van der Waals surface area contributed by atoms with Crippen LogP contribution in [-0.4, -0.2) is 22.0 Å². The van der Waals surface area contributed by atoms with Crippen LogP contribution in [-0.2, 0) is 9.59 Å². The molecule has 2 N–H and O–H groups in total. The fourth-order valence-electron chi connectivity index (χ4n) is 2.73. The van der Waals surface area contributed by atoms with E-state index in [0.717, 1.165) is 6.42 Å². The van der Waals surface area contributed by atoms with Crippen molar-refractivity contribution in [1.82, 2.24) is 4.98 Å². The smallest absolute Gasteiger partial charge is 0.307 e. The molecule has 0 saturated heterocycles. The number of nitrogens with one attached hydrogen (secondary N) is 1. The van der Waals surface area contributed by atoms with Crippen LogP contribution in [0.3, 0.4) is 0 Å². The number of carbonyl (C=O) groups excluding carboxylic acids is 1. The quantitative estimate of drug-likeness (QED) is 0.895. The predicted octanol–water partition coefficient (Wildman–Crippen LogP) is 2.81. The van der Waals surface area contributed by atoms with Crippen molar-refractivity contribution in [3.63, 3.8) is 0 Å². The average molecular weight is 297 g/mol. The highest BCUT2D eigenvalue weighted by Crippen LogP contribution is 2.39. The molecule has 0 bridgehead atoms. The lowest BCUT2D eigenvalue weighted by atomic mass is 9.95. The topological polar surface area (TPSA) is 79.3 Å². The van der Waals surface area contributed by atoms with Gasteiger partial charge in [-0.1, -0.05) is 24.9 Å². The normalized spacial score (nSPS) is 25.4. The first-order valence-corrected chi connectivity index (χ1v) is 7.03. The predicted molar refractivity (Wildman–Crippen MR) is 75.5 cm³/mol. The van der Waals surface area contributed by atoms with Gasteiger partial charge in [-0.05, 0) is 24.8 Å². The Bertz CT molecular complexity index is 521. The maximum atomic E-state index is 12.3. The molecule has 0 spiro atoms. The Hall–Kier alpha value is -1.62. The number of amides is 1. The molecule has 1 aromatic heterocycles. The lowest BCUT2D eigenvalue weighted by Gasteiger charge is -2.15. The number of aliphatic carboxylic acids is 1. The van der Waals surface area contributed by atoms with Crippen molar-refractivity contribution >= 4 is 29.2 Å². The Kier molecular flexibility index (Phi) is 4.60. The number of aromatic nitrogens is 1. The second-order valence-corrected chi connectivity index (χ2v) is 5.55. The molecule has 0 radical (unpaired) electrons. The molecule has 1 aromatic rings. The summed E-state index contributed by atoms with van der Waals surface area (Å²) in [4.78, 5) is 27.5. The second-order valence-electron chi connectivity index (χ2n) is 5.14. The van der Waals surface area contributed by atoms with Gasteiger partial charge in [0.15, 0.2) is 0 Å². The number of nitrogens with zero attached hydrogens (tertiary/aromatic N) is 1. The van der Waals surface area contributed by atoms with E-state index in [1.54, 1.807) is 6.07 Å². The van der Waals surface area contributed by atoms with E-state index in [9.17, 15) is 14.7 Å². The number of anilines is 1. The molecule has 108 valence electrons. The van der Waals surface area contributed by atoms with Crippen molar-refractivity contribution in [3.05, 3.63) is 23.5 Å². The van der Waals surface area contributed by atoms with E-state index in [4.69, 9.17) is 11.6 Å². The number of halogens is 1. The summed E-state index contributed by atoms with van der Waals surface area (Å²) in [6.07, 6.45) is 5.05. The summed E-state index contributed by atoms with van der Waals surface area (Å²) < 4.78 is 0. The maximum Gasteiger partial charge on any atom is 0.307 e. The second kappa shape index (κ2) is 6.22. The van der Waals surface area contributed by atoms with E-state index in [1.165, 1.54) is 12.4 Å². The van der Waals surface area contributed by atoms with Crippen molar-refractivity contribution in [2.75, 3.05) is 5.32 Å². The first kappa shape index (κ1) is 14.8. The molecule has 1 heterocycles. The SMILES string of the molecule is CCC1C[C@H](C(=O)Nc2cnccc2Cl)[C@H](C(=O)O)C1. The lowest BCUT2D eigenvalue weighted by Crippen LogP contribution is -2.30. The molecule has 20 heavy (non-hydrogen) atoms. The zero-order valence-corrected chi connectivity index (χ0v) is 11.9. The van der Waals surface area contributed by atoms with Crippen LogP contribution < -0.4 is 5.32 Å². The maximum absolute atomic E-state index is 12.3. The van der Waals surface area contributed by atoms with Crippen molar-refractivity contribution in [2.24, 2.45) is 17.8 Å². The van der Waals surface area contributed by atoms with Gasteiger partial charge >= 0.3 is 5.97 Å². The summed E-state index contributed by atoms with van der Waals surface area (Å²) in [5, 5.41) is 12.3. The zero-order chi connectivity index (χ0) is 14.7. The van der Waals surface area contributed by atoms with Gasteiger partial charge in [-0.15, -0.1) is 0 Å². The molecule has 3 atom stereocenters. The Morgan fingerprint density at radius 3 is 2.75 bits per heavy atom. The highest BCUT2D eigenvalue weighted by molar-refractivity contribution is 6.33. The van der Waals surface area contributed by atoms with Gasteiger partial charge in [0, 0.05) is 6.20 Å². The molecule has 2 rings (SSSR count). The molecule has 1 aliphatic carbocycles. The molecular weight excluding hydrogens is 280 g/mol. The van der Waals surface area contributed by atoms with E-state index >= 15 is 0 Å². The molecule has 1 unspecified atom stereocenters. The van der Waals surface area contributed by atoms with Gasteiger partial charge in [0.1, 0.15) is 0 Å². The van der Waals surface area contributed by atoms with Crippen molar-refractivity contribution in [1.29, 1.82) is 0 Å². The number of carbonyl (C=O) groups is 2. The minimum atomic E-state index is -0.904. The standard InChI is InChI=1S/C14H17ClN2O3/c1-2-8-5-9(10(6-8)14(19)20)13(18)17-12-7-16-4-3-11(12)15/h3-4,7-10H,2,5-6H2,1H3,(H,17,18)(H,19,20)/t8?,9-,10+/m0/s1. The van der Waals surface area contributed by atoms with Crippen LogP contribution in [0.1, 0.15) is 26.2 Å². The molecule has 0 aliphatic heterocycles. The third-order valence-corrected chi connectivity index (χ3v) is 4.25. The van der Waals surface area contributed by atoms with E-state index in [0.29, 0.717) is 23.6 Å². The minimum Gasteiger partial charge on any atom is -0.481 e. The molecular formula is C14H17ClN2O3. The summed E-state index contributed by atoms with van der Waals surface area (Å²) >= 11 is 5.96. The van der Waals surface area contributed by atoms with Crippen LogP contribution in [0.5, 0.6) is 0 Å². The largest absolute Gasteiger partial charge is 0.481 e. The number of pyridine rings is 1. The molecule has 1 fully saturated rings. The van der Waals surface area contributed by atoms with Gasteiger partial charge < -0.3 is 10.4 Å². The Morgan fingerprint density at radius 1 is 1.45 bits per heavy atom. The molecule has 0 aromatic carbocycles. The van der Waals surface area contributed by atoms with Crippen molar-refractivity contribution in [2.45, 2.75) is 26.2 Å². The number of hydrogen-bond acceptors (Lipinski definition) is 3. The monoisotopic (exact) mass is 296 g/mol. The van der Waals surface area contributed by atoms with Crippen molar-refractivity contribution in [3.8, 4) is 0 Å². The van der Waals surface area contributed by atoms with E-state index in [1.807, 2.05) is 6.92 Å². The van der Waals surface area contributed by atoms with Crippen LogP contribution >= 0.6 is 11.6 Å². The number of hydrogen-bond donors (Lipinski definition) is 2. The van der Waals surface area contributed by atoms with Gasteiger partial charge in [0.05, 0.1) is 28.7 Å². The molecule has 1 aliphatic rings. The summed E-state index contributed by atoms with van der Waals surface area (Å²) in [5.74, 6) is -2.03. The molecule has 1 saturated carbocycles. The Labute approximate surface area is 122 Å². The third-order valence-electron chi connectivity index (χ3n) is 3.92. The van der Waals surface area contributed by atoms with E-state index < -0.39 is 17.8 Å². The molecule has 1 amide bonds. The first-order valence-electron chi connectivity index (χ1n) is 6.66. The fourth-order valence-corrected chi connectivity index (χ4v) is 2.89. The minimum absolute atomic E-state index is 0.288. The average Bonchev–Trinajstić information content (AvgIpc) is 2.86. The lowest BCUT2D eigenvalue weighted by molar-refractivity contribution is -0.145. The third kappa shape index (κ3) is 3.10. The molecule has 5 nitrogen and oxygen atoms in total.